The molecule has 3 nitrogen and oxygen atoms in total. The van der Waals surface area contributed by atoms with E-state index in [0.29, 0.717) is 6.54 Å². The lowest BCUT2D eigenvalue weighted by atomic mass is 9.87. The lowest BCUT2D eigenvalue weighted by molar-refractivity contribution is -0.120. The maximum absolute atomic E-state index is 12.0. The van der Waals surface area contributed by atoms with Crippen LogP contribution in [0.1, 0.15) is 28.9 Å². The van der Waals surface area contributed by atoms with Crippen LogP contribution >= 0.6 is 0 Å². The fraction of sp³-hybridized carbons (Fsp3) is 0.267. The molecule has 18 heavy (non-hydrogen) atoms. The number of hydrogen-bond acceptors (Lipinski definition) is 2. The van der Waals surface area contributed by atoms with Crippen molar-refractivity contribution in [1.29, 1.82) is 0 Å². The summed E-state index contributed by atoms with van der Waals surface area (Å²) in [5.74, 6) is 1.61. The Labute approximate surface area is 106 Å². The van der Waals surface area contributed by atoms with Gasteiger partial charge in [-0.3, -0.25) is 4.79 Å². The van der Waals surface area contributed by atoms with Crippen LogP contribution in [0.5, 0.6) is 0 Å². The molecule has 0 aliphatic carbocycles. The Morgan fingerprint density at radius 3 is 2.61 bits per heavy atom. The van der Waals surface area contributed by atoms with Crippen LogP contribution in [0, 0.1) is 6.92 Å². The summed E-state index contributed by atoms with van der Waals surface area (Å²) in [4.78, 5) is 12.0. The number of amides is 1. The number of carbonyl (C=O) groups is 1. The van der Waals surface area contributed by atoms with Crippen LogP contribution < -0.4 is 5.32 Å². The predicted molar refractivity (Wildman–Crippen MR) is 68.4 cm³/mol. The SMILES string of the molecule is Cc1ccc(C2C(=O)NC[C@@H]2c2ccccc2)o1. The summed E-state index contributed by atoms with van der Waals surface area (Å²) < 4.78 is 5.63. The first-order valence-electron chi connectivity index (χ1n) is 6.14. The average molecular weight is 241 g/mol. The third-order valence-corrected chi connectivity index (χ3v) is 3.48. The van der Waals surface area contributed by atoms with Crippen LogP contribution in [0.4, 0.5) is 0 Å². The van der Waals surface area contributed by atoms with E-state index in [0.717, 1.165) is 11.5 Å². The highest BCUT2D eigenvalue weighted by atomic mass is 16.3. The molecule has 1 aliphatic heterocycles. The van der Waals surface area contributed by atoms with Crippen molar-refractivity contribution >= 4 is 5.91 Å². The maximum atomic E-state index is 12.0. The highest BCUT2D eigenvalue weighted by Crippen LogP contribution is 2.37. The van der Waals surface area contributed by atoms with E-state index < -0.39 is 0 Å². The molecule has 0 spiro atoms. The zero-order valence-electron chi connectivity index (χ0n) is 10.2. The number of aryl methyl sites for hydroxylation is 1. The van der Waals surface area contributed by atoms with Crippen molar-refractivity contribution in [1.82, 2.24) is 5.32 Å². The number of rotatable bonds is 2. The molecule has 0 saturated carbocycles. The summed E-state index contributed by atoms with van der Waals surface area (Å²) in [5, 5.41) is 2.93. The standard InChI is InChI=1S/C15H15NO2/c1-10-7-8-13(18-10)14-12(9-16-15(14)17)11-5-3-2-4-6-11/h2-8,12,14H,9H2,1H3,(H,16,17)/t12-,14?/m1/s1. The molecule has 0 bridgehead atoms. The van der Waals surface area contributed by atoms with Crippen molar-refractivity contribution in [3.8, 4) is 0 Å². The molecule has 2 atom stereocenters. The quantitative estimate of drug-likeness (QED) is 0.878. The third kappa shape index (κ3) is 1.82. The summed E-state index contributed by atoms with van der Waals surface area (Å²) >= 11 is 0. The van der Waals surface area contributed by atoms with E-state index in [-0.39, 0.29) is 17.7 Å². The second-order valence-corrected chi connectivity index (χ2v) is 4.69. The van der Waals surface area contributed by atoms with E-state index in [9.17, 15) is 4.79 Å². The molecule has 1 aromatic heterocycles. The summed E-state index contributed by atoms with van der Waals surface area (Å²) in [6.07, 6.45) is 0. The molecule has 3 rings (SSSR count). The van der Waals surface area contributed by atoms with Crippen LogP contribution in [0.3, 0.4) is 0 Å². The lowest BCUT2D eigenvalue weighted by Crippen LogP contribution is -2.17. The Hall–Kier alpha value is -2.03. The summed E-state index contributed by atoms with van der Waals surface area (Å²) in [5.41, 5.74) is 1.18. The van der Waals surface area contributed by atoms with Gasteiger partial charge in [0.25, 0.3) is 0 Å². The highest BCUT2D eigenvalue weighted by molar-refractivity contribution is 5.86. The van der Waals surface area contributed by atoms with Gasteiger partial charge >= 0.3 is 0 Å². The Morgan fingerprint density at radius 2 is 1.94 bits per heavy atom. The fourth-order valence-corrected chi connectivity index (χ4v) is 2.58. The Kier molecular flexibility index (Phi) is 2.67. The highest BCUT2D eigenvalue weighted by Gasteiger charge is 2.38. The van der Waals surface area contributed by atoms with Crippen LogP contribution in [0.25, 0.3) is 0 Å². The van der Waals surface area contributed by atoms with Crippen molar-refractivity contribution in [3.05, 3.63) is 59.5 Å². The van der Waals surface area contributed by atoms with Gasteiger partial charge in [0, 0.05) is 12.5 Å². The molecule has 3 heteroatoms. The van der Waals surface area contributed by atoms with Gasteiger partial charge in [-0.2, -0.15) is 0 Å². The van der Waals surface area contributed by atoms with E-state index in [2.05, 4.69) is 17.4 Å². The van der Waals surface area contributed by atoms with Crippen LogP contribution in [0.2, 0.25) is 0 Å². The summed E-state index contributed by atoms with van der Waals surface area (Å²) in [6, 6.07) is 13.9. The van der Waals surface area contributed by atoms with Crippen molar-refractivity contribution in [3.63, 3.8) is 0 Å². The van der Waals surface area contributed by atoms with Crippen LogP contribution in [-0.2, 0) is 4.79 Å². The average Bonchev–Trinajstić information content (AvgIpc) is 2.96. The van der Waals surface area contributed by atoms with Crippen molar-refractivity contribution in [2.24, 2.45) is 0 Å². The molecule has 92 valence electrons. The van der Waals surface area contributed by atoms with Crippen LogP contribution in [0.15, 0.2) is 46.9 Å². The molecule has 1 fully saturated rings. The molecule has 1 amide bonds. The number of furan rings is 1. The minimum Gasteiger partial charge on any atom is -0.466 e. The monoisotopic (exact) mass is 241 g/mol. The van der Waals surface area contributed by atoms with Crippen molar-refractivity contribution in [2.45, 2.75) is 18.8 Å². The van der Waals surface area contributed by atoms with Crippen molar-refractivity contribution in [2.75, 3.05) is 6.54 Å². The second-order valence-electron chi connectivity index (χ2n) is 4.69. The normalized spacial score (nSPS) is 23.1. The number of benzene rings is 1. The van der Waals surface area contributed by atoms with Gasteiger partial charge in [-0.1, -0.05) is 30.3 Å². The van der Waals surface area contributed by atoms with Crippen molar-refractivity contribution < 1.29 is 9.21 Å². The molecule has 1 saturated heterocycles. The molecule has 2 aromatic rings. The van der Waals surface area contributed by atoms with Gasteiger partial charge in [0.05, 0.1) is 0 Å². The molecule has 1 aromatic carbocycles. The maximum Gasteiger partial charge on any atom is 0.231 e. The van der Waals surface area contributed by atoms with Gasteiger partial charge in [-0.25, -0.2) is 0 Å². The first-order valence-corrected chi connectivity index (χ1v) is 6.14. The van der Waals surface area contributed by atoms with E-state index >= 15 is 0 Å². The first kappa shape index (κ1) is 11.1. The fourth-order valence-electron chi connectivity index (χ4n) is 2.58. The van der Waals surface area contributed by atoms with E-state index in [1.165, 1.54) is 5.56 Å². The number of carbonyl (C=O) groups excluding carboxylic acids is 1. The zero-order chi connectivity index (χ0) is 12.5. The minimum absolute atomic E-state index is 0.0539. The van der Waals surface area contributed by atoms with Gasteiger partial charge in [-0.15, -0.1) is 0 Å². The summed E-state index contributed by atoms with van der Waals surface area (Å²) in [7, 11) is 0. The van der Waals surface area contributed by atoms with Gasteiger partial charge in [0.2, 0.25) is 5.91 Å². The smallest absolute Gasteiger partial charge is 0.231 e. The Bertz CT molecular complexity index is 559. The third-order valence-electron chi connectivity index (χ3n) is 3.48. The van der Waals surface area contributed by atoms with E-state index in [1.54, 1.807) is 0 Å². The molecule has 0 radical (unpaired) electrons. The second kappa shape index (κ2) is 4.33. The topological polar surface area (TPSA) is 42.2 Å². The Balaban J connectivity index is 1.98. The molecular weight excluding hydrogens is 226 g/mol. The largest absolute Gasteiger partial charge is 0.466 e. The van der Waals surface area contributed by atoms with Crippen LogP contribution in [-0.4, -0.2) is 12.5 Å². The number of nitrogens with one attached hydrogen (secondary N) is 1. The lowest BCUT2D eigenvalue weighted by Gasteiger charge is -2.14. The molecular formula is C15H15NO2. The van der Waals surface area contributed by atoms with E-state index in [1.807, 2.05) is 37.3 Å². The molecule has 1 aliphatic rings. The summed E-state index contributed by atoms with van der Waals surface area (Å²) in [6.45, 7) is 2.57. The molecule has 2 heterocycles. The van der Waals surface area contributed by atoms with Gasteiger partial charge in [-0.05, 0) is 24.6 Å². The first-order chi connectivity index (χ1) is 8.75. The Morgan fingerprint density at radius 1 is 1.17 bits per heavy atom. The molecule has 1 unspecified atom stereocenters. The zero-order valence-corrected chi connectivity index (χ0v) is 10.2. The van der Waals surface area contributed by atoms with Gasteiger partial charge in [0.1, 0.15) is 17.4 Å². The molecule has 1 N–H and O–H groups in total. The number of hydrogen-bond donors (Lipinski definition) is 1. The van der Waals surface area contributed by atoms with Gasteiger partial charge in [0.15, 0.2) is 0 Å². The van der Waals surface area contributed by atoms with Gasteiger partial charge < -0.3 is 9.73 Å². The van der Waals surface area contributed by atoms with E-state index in [4.69, 9.17) is 4.42 Å². The minimum atomic E-state index is -0.207. The predicted octanol–water partition coefficient (Wildman–Crippen LogP) is 2.59.